The molecular formula is C23H24O2. The first-order valence-corrected chi connectivity index (χ1v) is 8.55. The van der Waals surface area contributed by atoms with Crippen LogP contribution in [-0.2, 0) is 5.41 Å². The molecule has 128 valence electrons. The molecule has 1 N–H and O–H groups in total. The van der Waals surface area contributed by atoms with Crippen LogP contribution in [0.4, 0.5) is 0 Å². The molecule has 2 nitrogen and oxygen atoms in total. The van der Waals surface area contributed by atoms with Crippen molar-refractivity contribution < 1.29 is 9.90 Å². The molecule has 1 aliphatic carbocycles. The summed E-state index contributed by atoms with van der Waals surface area (Å²) in [4.78, 5) is 11.0. The van der Waals surface area contributed by atoms with Crippen LogP contribution in [0.25, 0.3) is 11.1 Å². The van der Waals surface area contributed by atoms with Crippen molar-refractivity contribution in [3.05, 3.63) is 82.4 Å². The molecule has 0 aromatic heterocycles. The van der Waals surface area contributed by atoms with Crippen molar-refractivity contribution in [2.75, 3.05) is 0 Å². The van der Waals surface area contributed by atoms with E-state index in [-0.39, 0.29) is 11.0 Å². The summed E-state index contributed by atoms with van der Waals surface area (Å²) in [6.45, 7) is 13.2. The van der Waals surface area contributed by atoms with Crippen molar-refractivity contribution in [1.29, 1.82) is 0 Å². The Morgan fingerprint density at radius 1 is 1.00 bits per heavy atom. The van der Waals surface area contributed by atoms with Crippen molar-refractivity contribution in [3.8, 4) is 0 Å². The van der Waals surface area contributed by atoms with Crippen LogP contribution in [0.3, 0.4) is 0 Å². The highest BCUT2D eigenvalue weighted by molar-refractivity contribution is 5.89. The second kappa shape index (κ2) is 6.03. The molecule has 0 saturated carbocycles. The molecule has 0 heterocycles. The quantitative estimate of drug-likeness (QED) is 0.757. The van der Waals surface area contributed by atoms with Gasteiger partial charge < -0.3 is 5.11 Å². The summed E-state index contributed by atoms with van der Waals surface area (Å²) >= 11 is 0. The van der Waals surface area contributed by atoms with Gasteiger partial charge in [0, 0.05) is 0 Å². The highest BCUT2D eigenvalue weighted by Crippen LogP contribution is 2.43. The molecule has 0 aliphatic heterocycles. The summed E-state index contributed by atoms with van der Waals surface area (Å²) in [5.74, 6) is -0.913. The Labute approximate surface area is 149 Å². The molecule has 2 heteroatoms. The molecule has 0 fully saturated rings. The van der Waals surface area contributed by atoms with E-state index < -0.39 is 5.97 Å². The maximum Gasteiger partial charge on any atom is 0.335 e. The predicted molar refractivity (Wildman–Crippen MR) is 104 cm³/mol. The number of carboxylic acids is 1. The van der Waals surface area contributed by atoms with Gasteiger partial charge in [0.05, 0.1) is 5.56 Å². The lowest BCUT2D eigenvalue weighted by atomic mass is 9.70. The first-order valence-electron chi connectivity index (χ1n) is 8.55. The fraction of sp³-hybridized carbons (Fsp3) is 0.261. The molecule has 1 aliphatic rings. The normalized spacial score (nSPS) is 15.7. The van der Waals surface area contributed by atoms with E-state index in [2.05, 4.69) is 52.5 Å². The van der Waals surface area contributed by atoms with Gasteiger partial charge in [0.15, 0.2) is 0 Å². The maximum absolute atomic E-state index is 11.0. The monoisotopic (exact) mass is 332 g/mol. The Kier molecular flexibility index (Phi) is 4.16. The minimum absolute atomic E-state index is 0.141. The van der Waals surface area contributed by atoms with Crippen molar-refractivity contribution in [2.45, 2.75) is 39.5 Å². The van der Waals surface area contributed by atoms with Crippen LogP contribution in [0.1, 0.15) is 66.7 Å². The van der Waals surface area contributed by atoms with Gasteiger partial charge in [0.1, 0.15) is 0 Å². The van der Waals surface area contributed by atoms with E-state index in [0.29, 0.717) is 0 Å². The van der Waals surface area contributed by atoms with Gasteiger partial charge in [-0.1, -0.05) is 50.3 Å². The maximum atomic E-state index is 11.0. The van der Waals surface area contributed by atoms with E-state index in [0.717, 1.165) is 23.1 Å². The Morgan fingerprint density at radius 3 is 2.16 bits per heavy atom. The van der Waals surface area contributed by atoms with Gasteiger partial charge in [-0.05, 0) is 77.3 Å². The topological polar surface area (TPSA) is 37.3 Å². The van der Waals surface area contributed by atoms with Crippen LogP contribution in [0.15, 0.2) is 54.6 Å². The zero-order valence-corrected chi connectivity index (χ0v) is 15.3. The summed E-state index contributed by atoms with van der Waals surface area (Å²) in [7, 11) is 0. The van der Waals surface area contributed by atoms with E-state index in [1.54, 1.807) is 12.1 Å². The zero-order valence-electron chi connectivity index (χ0n) is 15.3. The summed E-state index contributed by atoms with van der Waals surface area (Å²) < 4.78 is 0. The van der Waals surface area contributed by atoms with E-state index in [9.17, 15) is 4.79 Å². The fourth-order valence-corrected chi connectivity index (χ4v) is 3.73. The number of hydrogen-bond acceptors (Lipinski definition) is 1. The molecule has 2 aromatic rings. The molecule has 0 bridgehead atoms. The number of benzene rings is 2. The van der Waals surface area contributed by atoms with E-state index >= 15 is 0 Å². The summed E-state index contributed by atoms with van der Waals surface area (Å²) in [6, 6.07) is 13.5. The Balaban J connectivity index is 2.02. The van der Waals surface area contributed by atoms with Gasteiger partial charge in [-0.2, -0.15) is 0 Å². The van der Waals surface area contributed by atoms with Crippen LogP contribution in [0.5, 0.6) is 0 Å². The lowest BCUT2D eigenvalue weighted by Crippen LogP contribution is -2.23. The summed E-state index contributed by atoms with van der Waals surface area (Å²) in [5.41, 5.74) is 8.83. The van der Waals surface area contributed by atoms with Crippen molar-refractivity contribution in [3.63, 3.8) is 0 Å². The van der Waals surface area contributed by atoms with E-state index in [4.69, 9.17) is 5.11 Å². The molecule has 0 unspecified atom stereocenters. The summed E-state index contributed by atoms with van der Waals surface area (Å²) in [6.07, 6.45) is 1.09. The van der Waals surface area contributed by atoms with Crippen LogP contribution in [-0.4, -0.2) is 11.1 Å². The number of carboxylic acid groups (broad SMARTS) is 1. The Hall–Kier alpha value is -2.61. The van der Waals surface area contributed by atoms with Crippen molar-refractivity contribution in [1.82, 2.24) is 0 Å². The van der Waals surface area contributed by atoms with Gasteiger partial charge in [0.25, 0.3) is 0 Å². The number of fused-ring (bicyclic) bond motifs is 1. The zero-order chi connectivity index (χ0) is 18.4. The molecule has 0 spiro atoms. The predicted octanol–water partition coefficient (Wildman–Crippen LogP) is 5.92. The van der Waals surface area contributed by atoms with Gasteiger partial charge in [-0.25, -0.2) is 4.79 Å². The fourth-order valence-electron chi connectivity index (χ4n) is 3.73. The second-order valence-electron chi connectivity index (χ2n) is 7.59. The van der Waals surface area contributed by atoms with E-state index in [1.807, 2.05) is 12.1 Å². The SMILES string of the molecule is C=C(c1ccc(C(=O)O)cc1)c1ccc2c(c1)C(C)=C(C)CC2(C)C. The van der Waals surface area contributed by atoms with Crippen molar-refractivity contribution >= 4 is 17.1 Å². The minimum Gasteiger partial charge on any atom is -0.478 e. The summed E-state index contributed by atoms with van der Waals surface area (Å²) in [5, 5.41) is 9.04. The average Bonchev–Trinajstić information content (AvgIpc) is 2.58. The third kappa shape index (κ3) is 3.05. The molecule has 3 rings (SSSR count). The minimum atomic E-state index is -0.913. The number of hydrogen-bond donors (Lipinski definition) is 1. The lowest BCUT2D eigenvalue weighted by Gasteiger charge is -2.34. The van der Waals surface area contributed by atoms with Crippen LogP contribution < -0.4 is 0 Å². The highest BCUT2D eigenvalue weighted by Gasteiger charge is 2.29. The Bertz CT molecular complexity index is 896. The molecule has 0 radical (unpaired) electrons. The number of carbonyl (C=O) groups is 1. The molecule has 0 saturated heterocycles. The highest BCUT2D eigenvalue weighted by atomic mass is 16.4. The van der Waals surface area contributed by atoms with Gasteiger partial charge in [-0.15, -0.1) is 0 Å². The van der Waals surface area contributed by atoms with E-state index in [1.165, 1.54) is 22.3 Å². The van der Waals surface area contributed by atoms with Crippen molar-refractivity contribution in [2.24, 2.45) is 0 Å². The smallest absolute Gasteiger partial charge is 0.335 e. The second-order valence-corrected chi connectivity index (χ2v) is 7.59. The van der Waals surface area contributed by atoms with Crippen LogP contribution in [0, 0.1) is 0 Å². The average molecular weight is 332 g/mol. The first-order chi connectivity index (χ1) is 11.7. The van der Waals surface area contributed by atoms with Crippen LogP contribution >= 0.6 is 0 Å². The number of allylic oxidation sites excluding steroid dienone is 2. The molecular weight excluding hydrogens is 308 g/mol. The third-order valence-electron chi connectivity index (χ3n) is 5.33. The molecule has 2 aromatic carbocycles. The number of aromatic carboxylic acids is 1. The Morgan fingerprint density at radius 2 is 1.56 bits per heavy atom. The number of rotatable bonds is 3. The standard InChI is InChI=1S/C23H24O2/c1-14-13-23(4,5)21-11-10-19(12-20(21)15(14)2)16(3)17-6-8-18(9-7-17)22(24)25/h6-12H,3,13H2,1-2,4-5H3,(H,24,25). The van der Waals surface area contributed by atoms with Gasteiger partial charge in [-0.3, -0.25) is 0 Å². The van der Waals surface area contributed by atoms with Gasteiger partial charge in [0.2, 0.25) is 0 Å². The van der Waals surface area contributed by atoms with Crippen LogP contribution in [0.2, 0.25) is 0 Å². The largest absolute Gasteiger partial charge is 0.478 e. The lowest BCUT2D eigenvalue weighted by molar-refractivity contribution is 0.0697. The van der Waals surface area contributed by atoms with Gasteiger partial charge >= 0.3 is 5.97 Å². The molecule has 0 amide bonds. The molecule has 0 atom stereocenters. The molecule has 25 heavy (non-hydrogen) atoms. The first kappa shape index (κ1) is 17.2. The third-order valence-corrected chi connectivity index (χ3v) is 5.33.